The van der Waals surface area contributed by atoms with Gasteiger partial charge < -0.3 is 0 Å². The van der Waals surface area contributed by atoms with E-state index < -0.39 is 0 Å². The van der Waals surface area contributed by atoms with Crippen molar-refractivity contribution in [3.8, 4) is 15.8 Å². The van der Waals surface area contributed by atoms with Crippen molar-refractivity contribution >= 4 is 33.2 Å². The molecule has 3 rings (SSSR count). The van der Waals surface area contributed by atoms with E-state index in [4.69, 9.17) is 5.26 Å². The summed E-state index contributed by atoms with van der Waals surface area (Å²) >= 11 is 3.08. The summed E-state index contributed by atoms with van der Waals surface area (Å²) in [6.45, 7) is 8.82. The zero-order valence-corrected chi connectivity index (χ0v) is 14.8. The molecule has 0 saturated carbocycles. The quantitative estimate of drug-likeness (QED) is 0.404. The average molecular weight is 323 g/mol. The standard InChI is InChI=1S/C19H17NS2/c1-11-9-12(2)18-17(13(11)3)14(4)19(22-18)15-5-7-16(8-6-15)21-10-20/h5-9H,1-4H3. The van der Waals surface area contributed by atoms with Crippen LogP contribution < -0.4 is 0 Å². The molecule has 0 spiro atoms. The molecule has 0 aliphatic carbocycles. The maximum Gasteiger partial charge on any atom is 0.138 e. The molecular formula is C19H17NS2. The van der Waals surface area contributed by atoms with E-state index in [9.17, 15) is 0 Å². The van der Waals surface area contributed by atoms with Gasteiger partial charge in [0.25, 0.3) is 0 Å². The zero-order chi connectivity index (χ0) is 15.9. The van der Waals surface area contributed by atoms with Crippen LogP contribution in [-0.2, 0) is 0 Å². The molecular weight excluding hydrogens is 306 g/mol. The molecule has 0 aliphatic heterocycles. The molecule has 0 N–H and O–H groups in total. The first-order valence-corrected chi connectivity index (χ1v) is 8.82. The molecule has 110 valence electrons. The number of rotatable bonds is 2. The number of fused-ring (bicyclic) bond motifs is 1. The lowest BCUT2D eigenvalue weighted by Crippen LogP contribution is -1.86. The molecule has 1 heterocycles. The normalized spacial score (nSPS) is 10.9. The van der Waals surface area contributed by atoms with Crippen LogP contribution in [0.25, 0.3) is 20.5 Å². The number of thiocyanates is 1. The number of benzene rings is 2. The van der Waals surface area contributed by atoms with Gasteiger partial charge in [-0.15, -0.1) is 11.3 Å². The minimum Gasteiger partial charge on any atom is -0.185 e. The second-order valence-electron chi connectivity index (χ2n) is 5.61. The maximum atomic E-state index is 8.75. The predicted octanol–water partition coefficient (Wildman–Crippen LogP) is 6.38. The summed E-state index contributed by atoms with van der Waals surface area (Å²) in [4.78, 5) is 2.33. The Balaban J connectivity index is 2.20. The van der Waals surface area contributed by atoms with E-state index in [0.29, 0.717) is 0 Å². The van der Waals surface area contributed by atoms with Crippen molar-refractivity contribution in [2.75, 3.05) is 0 Å². The van der Waals surface area contributed by atoms with E-state index in [0.717, 1.165) is 4.90 Å². The first-order valence-electron chi connectivity index (χ1n) is 7.19. The Morgan fingerprint density at radius 3 is 2.27 bits per heavy atom. The van der Waals surface area contributed by atoms with Gasteiger partial charge in [-0.25, -0.2) is 0 Å². The van der Waals surface area contributed by atoms with Gasteiger partial charge in [0, 0.05) is 14.5 Å². The number of nitrogens with zero attached hydrogens (tertiary/aromatic N) is 1. The van der Waals surface area contributed by atoms with E-state index in [-0.39, 0.29) is 0 Å². The van der Waals surface area contributed by atoms with Gasteiger partial charge >= 0.3 is 0 Å². The SMILES string of the molecule is Cc1cc(C)c2sc(-c3ccc(SC#N)cc3)c(C)c2c1C. The zero-order valence-electron chi connectivity index (χ0n) is 13.2. The summed E-state index contributed by atoms with van der Waals surface area (Å²) < 4.78 is 1.39. The molecule has 0 saturated heterocycles. The van der Waals surface area contributed by atoms with E-state index in [1.165, 1.54) is 54.5 Å². The number of hydrogen-bond donors (Lipinski definition) is 0. The van der Waals surface area contributed by atoms with Crippen LogP contribution in [0.1, 0.15) is 22.3 Å². The van der Waals surface area contributed by atoms with Gasteiger partial charge in [0.05, 0.1) is 0 Å². The van der Waals surface area contributed by atoms with Crippen molar-refractivity contribution < 1.29 is 0 Å². The second-order valence-corrected chi connectivity index (χ2v) is 7.49. The van der Waals surface area contributed by atoms with Crippen LogP contribution >= 0.6 is 23.1 Å². The monoisotopic (exact) mass is 323 g/mol. The minimum atomic E-state index is 0.994. The molecule has 0 amide bonds. The minimum absolute atomic E-state index is 0.994. The van der Waals surface area contributed by atoms with Crippen molar-refractivity contribution in [1.29, 1.82) is 5.26 Å². The van der Waals surface area contributed by atoms with Gasteiger partial charge in [-0.2, -0.15) is 5.26 Å². The fourth-order valence-electron chi connectivity index (χ4n) is 2.94. The topological polar surface area (TPSA) is 23.8 Å². The molecule has 1 aromatic heterocycles. The van der Waals surface area contributed by atoms with Crippen molar-refractivity contribution in [2.45, 2.75) is 32.6 Å². The Labute approximate surface area is 139 Å². The van der Waals surface area contributed by atoms with E-state index >= 15 is 0 Å². The lowest BCUT2D eigenvalue weighted by molar-refractivity contribution is 1.34. The van der Waals surface area contributed by atoms with Gasteiger partial charge in [0.15, 0.2) is 0 Å². The molecule has 0 radical (unpaired) electrons. The number of nitriles is 1. The van der Waals surface area contributed by atoms with Crippen LogP contribution in [-0.4, -0.2) is 0 Å². The van der Waals surface area contributed by atoms with Crippen molar-refractivity contribution in [3.05, 3.63) is 52.6 Å². The van der Waals surface area contributed by atoms with Gasteiger partial charge in [-0.05, 0) is 84.8 Å². The fourth-order valence-corrected chi connectivity index (χ4v) is 4.66. The highest BCUT2D eigenvalue weighted by molar-refractivity contribution is 8.03. The van der Waals surface area contributed by atoms with Crippen LogP contribution in [0.5, 0.6) is 0 Å². The predicted molar refractivity (Wildman–Crippen MR) is 97.7 cm³/mol. The highest BCUT2D eigenvalue weighted by Gasteiger charge is 2.15. The molecule has 0 aliphatic rings. The van der Waals surface area contributed by atoms with Crippen LogP contribution in [0, 0.1) is 38.4 Å². The van der Waals surface area contributed by atoms with Gasteiger partial charge in [-0.3, -0.25) is 0 Å². The third-order valence-electron chi connectivity index (χ3n) is 4.18. The smallest absolute Gasteiger partial charge is 0.138 e. The second kappa shape index (κ2) is 5.79. The molecule has 2 aromatic carbocycles. The molecule has 1 nitrogen and oxygen atoms in total. The van der Waals surface area contributed by atoms with Crippen molar-refractivity contribution in [1.82, 2.24) is 0 Å². The van der Waals surface area contributed by atoms with Gasteiger partial charge in [-0.1, -0.05) is 18.2 Å². The average Bonchev–Trinajstić information content (AvgIpc) is 2.84. The summed E-state index contributed by atoms with van der Waals surface area (Å²) in [6, 6.07) is 10.6. The lowest BCUT2D eigenvalue weighted by Gasteiger charge is -2.06. The molecule has 22 heavy (non-hydrogen) atoms. The van der Waals surface area contributed by atoms with Crippen LogP contribution in [0.3, 0.4) is 0 Å². The first-order chi connectivity index (χ1) is 10.5. The summed E-state index contributed by atoms with van der Waals surface area (Å²) in [5.74, 6) is 0. The van der Waals surface area contributed by atoms with Crippen molar-refractivity contribution in [2.24, 2.45) is 0 Å². The summed E-state index contributed by atoms with van der Waals surface area (Å²) in [7, 11) is 0. The lowest BCUT2D eigenvalue weighted by atomic mass is 9.98. The Kier molecular flexibility index (Phi) is 3.99. The maximum absolute atomic E-state index is 8.75. The number of thioether (sulfide) groups is 1. The molecule has 3 heteroatoms. The molecule has 0 unspecified atom stereocenters. The Bertz CT molecular complexity index is 896. The molecule has 0 bridgehead atoms. The molecule has 0 atom stereocenters. The highest BCUT2D eigenvalue weighted by atomic mass is 32.2. The third kappa shape index (κ3) is 2.43. The fraction of sp³-hybridized carbons (Fsp3) is 0.211. The molecule has 0 fully saturated rings. The molecule has 3 aromatic rings. The Hall–Kier alpha value is -1.76. The van der Waals surface area contributed by atoms with E-state index in [1.54, 1.807) is 0 Å². The number of aryl methyl sites for hydroxylation is 4. The van der Waals surface area contributed by atoms with E-state index in [1.807, 2.05) is 23.5 Å². The number of thiophene rings is 1. The largest absolute Gasteiger partial charge is 0.185 e. The summed E-state index contributed by atoms with van der Waals surface area (Å²) in [6.07, 6.45) is 0. The first kappa shape index (κ1) is 15.1. The van der Waals surface area contributed by atoms with Gasteiger partial charge in [0.2, 0.25) is 0 Å². The summed E-state index contributed by atoms with van der Waals surface area (Å²) in [5.41, 5.74) is 6.70. The highest BCUT2D eigenvalue weighted by Crippen LogP contribution is 2.42. The Morgan fingerprint density at radius 2 is 1.64 bits per heavy atom. The van der Waals surface area contributed by atoms with Crippen LogP contribution in [0.4, 0.5) is 0 Å². The Morgan fingerprint density at radius 1 is 0.955 bits per heavy atom. The van der Waals surface area contributed by atoms with Crippen molar-refractivity contribution in [3.63, 3.8) is 0 Å². The summed E-state index contributed by atoms with van der Waals surface area (Å²) in [5, 5.41) is 12.3. The number of hydrogen-bond acceptors (Lipinski definition) is 3. The van der Waals surface area contributed by atoms with Gasteiger partial charge in [0.1, 0.15) is 5.40 Å². The van der Waals surface area contributed by atoms with Crippen LogP contribution in [0.2, 0.25) is 0 Å². The third-order valence-corrected chi connectivity index (χ3v) is 6.26. The van der Waals surface area contributed by atoms with E-state index in [2.05, 4.69) is 51.3 Å². The van der Waals surface area contributed by atoms with Crippen LogP contribution in [0.15, 0.2) is 35.2 Å².